The van der Waals surface area contributed by atoms with Crippen molar-refractivity contribution in [3.8, 4) is 5.75 Å². The molecule has 1 aromatic heterocycles. The standard InChI is InChI=1S/C16H21ClN4O/c1-11(2)6-7-22-15-5-4-13(8-14(15)17)9-19-21-10-12(3)20-16(21)18/h4-5,8-11H,6-7H2,1-3H3,(H2,18,20). The third kappa shape index (κ3) is 4.49. The van der Waals surface area contributed by atoms with Crippen LogP contribution in [0.25, 0.3) is 0 Å². The second-order valence-electron chi connectivity index (χ2n) is 5.55. The minimum Gasteiger partial charge on any atom is -0.492 e. The first-order chi connectivity index (χ1) is 10.5. The van der Waals surface area contributed by atoms with Crippen LogP contribution in [0, 0.1) is 12.8 Å². The van der Waals surface area contributed by atoms with Gasteiger partial charge in [-0.25, -0.2) is 9.66 Å². The summed E-state index contributed by atoms with van der Waals surface area (Å²) in [5.41, 5.74) is 7.42. The van der Waals surface area contributed by atoms with Crippen molar-refractivity contribution in [3.05, 3.63) is 40.7 Å². The normalized spacial score (nSPS) is 11.5. The van der Waals surface area contributed by atoms with Crippen LogP contribution < -0.4 is 10.5 Å². The first kappa shape index (κ1) is 16.4. The molecule has 0 atom stereocenters. The molecule has 0 fully saturated rings. The molecule has 0 radical (unpaired) electrons. The number of ether oxygens (including phenoxy) is 1. The van der Waals surface area contributed by atoms with Gasteiger partial charge in [-0.3, -0.25) is 0 Å². The van der Waals surface area contributed by atoms with Gasteiger partial charge >= 0.3 is 0 Å². The molecule has 0 saturated heterocycles. The second kappa shape index (κ2) is 7.31. The van der Waals surface area contributed by atoms with Gasteiger partial charge in [-0.15, -0.1) is 0 Å². The zero-order valence-electron chi connectivity index (χ0n) is 13.1. The van der Waals surface area contributed by atoms with Gasteiger partial charge in [-0.1, -0.05) is 25.4 Å². The molecule has 0 unspecified atom stereocenters. The Morgan fingerprint density at radius 1 is 1.45 bits per heavy atom. The van der Waals surface area contributed by atoms with Crippen molar-refractivity contribution >= 4 is 23.8 Å². The molecular weight excluding hydrogens is 300 g/mol. The molecule has 0 spiro atoms. The Morgan fingerprint density at radius 3 is 2.82 bits per heavy atom. The van der Waals surface area contributed by atoms with Gasteiger partial charge in [0, 0.05) is 0 Å². The van der Waals surface area contributed by atoms with Crippen LogP contribution in [0.15, 0.2) is 29.5 Å². The van der Waals surface area contributed by atoms with Gasteiger partial charge in [0.05, 0.1) is 29.7 Å². The van der Waals surface area contributed by atoms with Crippen LogP contribution in [0.2, 0.25) is 5.02 Å². The first-order valence-electron chi connectivity index (χ1n) is 7.24. The molecule has 1 heterocycles. The number of hydrogen-bond donors (Lipinski definition) is 1. The Kier molecular flexibility index (Phi) is 5.44. The summed E-state index contributed by atoms with van der Waals surface area (Å²) in [6, 6.07) is 5.57. The summed E-state index contributed by atoms with van der Waals surface area (Å²) in [6.45, 7) is 6.85. The van der Waals surface area contributed by atoms with Crippen LogP contribution in [0.4, 0.5) is 5.95 Å². The third-order valence-corrected chi connectivity index (χ3v) is 3.37. The second-order valence-corrected chi connectivity index (χ2v) is 5.96. The molecule has 0 aliphatic carbocycles. The van der Waals surface area contributed by atoms with Crippen molar-refractivity contribution in [1.29, 1.82) is 0 Å². The molecule has 0 amide bonds. The summed E-state index contributed by atoms with van der Waals surface area (Å²) in [4.78, 5) is 4.08. The average molecular weight is 321 g/mol. The molecule has 1 aromatic carbocycles. The summed E-state index contributed by atoms with van der Waals surface area (Å²) >= 11 is 6.23. The monoisotopic (exact) mass is 320 g/mol. The van der Waals surface area contributed by atoms with E-state index in [-0.39, 0.29) is 0 Å². The van der Waals surface area contributed by atoms with E-state index in [1.807, 2.05) is 25.1 Å². The highest BCUT2D eigenvalue weighted by Crippen LogP contribution is 2.25. The number of nitrogens with two attached hydrogens (primary N) is 1. The molecule has 22 heavy (non-hydrogen) atoms. The van der Waals surface area contributed by atoms with Crippen LogP contribution in [0.3, 0.4) is 0 Å². The lowest BCUT2D eigenvalue weighted by atomic mass is 10.1. The van der Waals surface area contributed by atoms with Crippen molar-refractivity contribution in [1.82, 2.24) is 9.66 Å². The van der Waals surface area contributed by atoms with Gasteiger partial charge in [0.1, 0.15) is 5.75 Å². The third-order valence-electron chi connectivity index (χ3n) is 3.07. The Balaban J connectivity index is 2.04. The lowest BCUT2D eigenvalue weighted by Crippen LogP contribution is -2.02. The summed E-state index contributed by atoms with van der Waals surface area (Å²) in [5.74, 6) is 1.65. The predicted octanol–water partition coefficient (Wildman–Crippen LogP) is 3.73. The molecular formula is C16H21ClN4O. The minimum absolute atomic E-state index is 0.355. The highest BCUT2D eigenvalue weighted by Gasteiger charge is 2.04. The molecule has 0 aliphatic rings. The van der Waals surface area contributed by atoms with Crippen LogP contribution in [-0.4, -0.2) is 22.5 Å². The summed E-state index contributed by atoms with van der Waals surface area (Å²) in [6.07, 6.45) is 4.44. The maximum absolute atomic E-state index is 6.23. The Morgan fingerprint density at radius 2 is 2.23 bits per heavy atom. The van der Waals surface area contributed by atoms with Crippen molar-refractivity contribution in [2.75, 3.05) is 12.3 Å². The topological polar surface area (TPSA) is 65.4 Å². The first-order valence-corrected chi connectivity index (χ1v) is 7.61. The number of nitrogens with zero attached hydrogens (tertiary/aromatic N) is 3. The van der Waals surface area contributed by atoms with E-state index in [0.717, 1.165) is 17.7 Å². The van der Waals surface area contributed by atoms with Crippen molar-refractivity contribution < 1.29 is 4.74 Å². The van der Waals surface area contributed by atoms with Crippen LogP contribution in [0.1, 0.15) is 31.5 Å². The van der Waals surface area contributed by atoms with E-state index < -0.39 is 0 Å². The number of aromatic nitrogens is 2. The number of halogens is 1. The fraction of sp³-hybridized carbons (Fsp3) is 0.375. The fourth-order valence-electron chi connectivity index (χ4n) is 1.84. The lowest BCUT2D eigenvalue weighted by molar-refractivity contribution is 0.289. The predicted molar refractivity (Wildman–Crippen MR) is 90.8 cm³/mol. The van der Waals surface area contributed by atoms with Gasteiger partial charge in [0.15, 0.2) is 0 Å². The van der Waals surface area contributed by atoms with Gasteiger partial charge in [0.25, 0.3) is 0 Å². The number of aryl methyl sites for hydroxylation is 1. The Hall–Kier alpha value is -2.01. The van der Waals surface area contributed by atoms with Crippen molar-refractivity contribution in [3.63, 3.8) is 0 Å². The summed E-state index contributed by atoms with van der Waals surface area (Å²) in [5, 5.41) is 4.83. The molecule has 2 aromatic rings. The van der Waals surface area contributed by atoms with E-state index in [9.17, 15) is 0 Å². The Bertz CT molecular complexity index is 664. The maximum Gasteiger partial charge on any atom is 0.221 e. The SMILES string of the molecule is Cc1cn(N=Cc2ccc(OCCC(C)C)c(Cl)c2)c(N)n1. The summed E-state index contributed by atoms with van der Waals surface area (Å²) < 4.78 is 7.20. The van der Waals surface area contributed by atoms with E-state index in [1.54, 1.807) is 12.4 Å². The highest BCUT2D eigenvalue weighted by molar-refractivity contribution is 6.32. The molecule has 5 nitrogen and oxygen atoms in total. The lowest BCUT2D eigenvalue weighted by Gasteiger charge is -2.09. The van der Waals surface area contributed by atoms with E-state index in [1.165, 1.54) is 4.68 Å². The number of benzene rings is 1. The van der Waals surface area contributed by atoms with Crippen LogP contribution in [0.5, 0.6) is 5.75 Å². The molecule has 6 heteroatoms. The van der Waals surface area contributed by atoms with Gasteiger partial charge in [-0.2, -0.15) is 5.10 Å². The molecule has 2 N–H and O–H groups in total. The minimum atomic E-state index is 0.355. The van der Waals surface area contributed by atoms with Gasteiger partial charge in [0.2, 0.25) is 5.95 Å². The van der Waals surface area contributed by atoms with Gasteiger partial charge in [-0.05, 0) is 43.0 Å². The largest absolute Gasteiger partial charge is 0.492 e. The number of anilines is 1. The fourth-order valence-corrected chi connectivity index (χ4v) is 2.09. The zero-order valence-corrected chi connectivity index (χ0v) is 13.8. The van der Waals surface area contributed by atoms with E-state index in [0.29, 0.717) is 29.2 Å². The molecule has 0 saturated carbocycles. The molecule has 0 aliphatic heterocycles. The number of rotatable bonds is 6. The number of nitrogen functional groups attached to an aromatic ring is 1. The van der Waals surface area contributed by atoms with E-state index >= 15 is 0 Å². The Labute approximate surface area is 135 Å². The molecule has 118 valence electrons. The molecule has 2 rings (SSSR count). The van der Waals surface area contributed by atoms with Crippen molar-refractivity contribution in [2.45, 2.75) is 27.2 Å². The number of hydrogen-bond acceptors (Lipinski definition) is 4. The quantitative estimate of drug-likeness (QED) is 0.825. The maximum atomic E-state index is 6.23. The van der Waals surface area contributed by atoms with E-state index in [4.69, 9.17) is 22.1 Å². The zero-order chi connectivity index (χ0) is 16.1. The van der Waals surface area contributed by atoms with Crippen LogP contribution in [-0.2, 0) is 0 Å². The summed E-state index contributed by atoms with van der Waals surface area (Å²) in [7, 11) is 0. The van der Waals surface area contributed by atoms with Crippen molar-refractivity contribution in [2.24, 2.45) is 11.0 Å². The smallest absolute Gasteiger partial charge is 0.221 e. The van der Waals surface area contributed by atoms with E-state index in [2.05, 4.69) is 23.9 Å². The number of imidazole rings is 1. The van der Waals surface area contributed by atoms with Crippen LogP contribution >= 0.6 is 11.6 Å². The van der Waals surface area contributed by atoms with Gasteiger partial charge < -0.3 is 10.5 Å². The molecule has 0 bridgehead atoms. The average Bonchev–Trinajstić information content (AvgIpc) is 2.76. The highest BCUT2D eigenvalue weighted by atomic mass is 35.5.